The van der Waals surface area contributed by atoms with E-state index in [-0.39, 0.29) is 11.3 Å². The fourth-order valence-corrected chi connectivity index (χ4v) is 2.61. The molecule has 25 heavy (non-hydrogen) atoms. The van der Waals surface area contributed by atoms with E-state index in [0.717, 1.165) is 0 Å². The number of aryl methyl sites for hydroxylation is 2. The van der Waals surface area contributed by atoms with Crippen molar-refractivity contribution in [1.82, 2.24) is 4.98 Å². The first kappa shape index (κ1) is 18.3. The predicted molar refractivity (Wildman–Crippen MR) is 96.0 cm³/mol. The minimum Gasteiger partial charge on any atom is -0.493 e. The van der Waals surface area contributed by atoms with E-state index < -0.39 is 5.56 Å². The fourth-order valence-electron chi connectivity index (χ4n) is 2.61. The standard InChI is InChI=1S/C19H21NO5/c1-11-8-12(2)20-19(22)17(11)14(21)7-6-13-9-15(23-3)18(25-5)16(10-13)24-4/h6-10H,1-5H3,(H,20,22)/b7-6+. The van der Waals surface area contributed by atoms with Crippen molar-refractivity contribution in [3.8, 4) is 17.2 Å². The number of methoxy groups -OCH3 is 3. The normalized spacial score (nSPS) is 10.8. The van der Waals surface area contributed by atoms with Gasteiger partial charge >= 0.3 is 0 Å². The van der Waals surface area contributed by atoms with Crippen molar-refractivity contribution >= 4 is 11.9 Å². The summed E-state index contributed by atoms with van der Waals surface area (Å²) < 4.78 is 15.8. The Labute approximate surface area is 146 Å². The van der Waals surface area contributed by atoms with E-state index in [2.05, 4.69) is 4.98 Å². The number of rotatable bonds is 6. The van der Waals surface area contributed by atoms with Gasteiger partial charge < -0.3 is 19.2 Å². The Bertz CT molecular complexity index is 855. The van der Waals surface area contributed by atoms with Gasteiger partial charge in [0.2, 0.25) is 5.75 Å². The summed E-state index contributed by atoms with van der Waals surface area (Å²) in [6.45, 7) is 3.51. The number of hydrogen-bond acceptors (Lipinski definition) is 5. The SMILES string of the molecule is COc1cc(/C=C/C(=O)c2c(C)cc(C)[nH]c2=O)cc(OC)c1OC. The monoisotopic (exact) mass is 343 g/mol. The number of nitrogens with one attached hydrogen (secondary N) is 1. The zero-order chi connectivity index (χ0) is 18.6. The third kappa shape index (κ3) is 3.91. The van der Waals surface area contributed by atoms with Crippen LogP contribution >= 0.6 is 0 Å². The van der Waals surface area contributed by atoms with Gasteiger partial charge in [-0.1, -0.05) is 6.08 Å². The molecule has 0 aliphatic carbocycles. The van der Waals surface area contributed by atoms with Crippen LogP contribution in [0.15, 0.2) is 29.1 Å². The molecule has 0 aliphatic rings. The Morgan fingerprint density at radius 2 is 1.60 bits per heavy atom. The molecule has 0 radical (unpaired) electrons. The number of carbonyl (C=O) groups excluding carboxylic acids is 1. The summed E-state index contributed by atoms with van der Waals surface area (Å²) in [5.41, 5.74) is 1.78. The number of ether oxygens (including phenoxy) is 3. The molecule has 0 amide bonds. The minimum absolute atomic E-state index is 0.134. The first-order valence-corrected chi connectivity index (χ1v) is 7.64. The van der Waals surface area contributed by atoms with Gasteiger partial charge in [-0.2, -0.15) is 0 Å². The van der Waals surface area contributed by atoms with Gasteiger partial charge in [-0.05, 0) is 49.2 Å². The maximum atomic E-state index is 12.4. The van der Waals surface area contributed by atoms with Gasteiger partial charge in [-0.3, -0.25) is 9.59 Å². The fraction of sp³-hybridized carbons (Fsp3) is 0.263. The zero-order valence-electron chi connectivity index (χ0n) is 14.9. The van der Waals surface area contributed by atoms with Gasteiger partial charge in [-0.25, -0.2) is 0 Å². The molecule has 0 spiro atoms. The Balaban J connectivity index is 2.40. The van der Waals surface area contributed by atoms with E-state index in [0.29, 0.717) is 34.1 Å². The highest BCUT2D eigenvalue weighted by Crippen LogP contribution is 2.38. The summed E-state index contributed by atoms with van der Waals surface area (Å²) in [6, 6.07) is 5.20. The molecule has 0 bridgehead atoms. The van der Waals surface area contributed by atoms with E-state index in [9.17, 15) is 9.59 Å². The van der Waals surface area contributed by atoms with Crippen LogP contribution in [-0.2, 0) is 0 Å². The predicted octanol–water partition coefficient (Wildman–Crippen LogP) is 2.91. The van der Waals surface area contributed by atoms with Gasteiger partial charge in [0, 0.05) is 5.69 Å². The molecule has 0 saturated heterocycles. The molecular weight excluding hydrogens is 322 g/mol. The van der Waals surface area contributed by atoms with E-state index in [1.807, 2.05) is 0 Å². The van der Waals surface area contributed by atoms with E-state index in [1.54, 1.807) is 38.1 Å². The van der Waals surface area contributed by atoms with Crippen molar-refractivity contribution < 1.29 is 19.0 Å². The molecule has 132 valence electrons. The molecule has 0 fully saturated rings. The van der Waals surface area contributed by atoms with Crippen molar-refractivity contribution in [3.63, 3.8) is 0 Å². The van der Waals surface area contributed by atoms with Crippen LogP contribution in [0.5, 0.6) is 17.2 Å². The van der Waals surface area contributed by atoms with Gasteiger partial charge in [0.15, 0.2) is 17.3 Å². The average Bonchev–Trinajstić information content (AvgIpc) is 2.57. The Hall–Kier alpha value is -3.02. The van der Waals surface area contributed by atoms with Crippen LogP contribution in [0.4, 0.5) is 0 Å². The minimum atomic E-state index is -0.392. The number of carbonyl (C=O) groups is 1. The van der Waals surface area contributed by atoms with Crippen LogP contribution in [0.2, 0.25) is 0 Å². The highest BCUT2D eigenvalue weighted by Gasteiger charge is 2.14. The number of H-pyrrole nitrogens is 1. The summed E-state index contributed by atoms with van der Waals surface area (Å²) in [5.74, 6) is 1.07. The Morgan fingerprint density at radius 1 is 1.00 bits per heavy atom. The summed E-state index contributed by atoms with van der Waals surface area (Å²) in [6.07, 6.45) is 2.96. The van der Waals surface area contributed by atoms with Crippen molar-refractivity contribution in [2.75, 3.05) is 21.3 Å². The third-order valence-electron chi connectivity index (χ3n) is 3.73. The molecule has 1 aromatic carbocycles. The lowest BCUT2D eigenvalue weighted by Crippen LogP contribution is -2.19. The first-order chi connectivity index (χ1) is 11.9. The zero-order valence-corrected chi connectivity index (χ0v) is 14.9. The number of hydrogen-bond donors (Lipinski definition) is 1. The lowest BCUT2D eigenvalue weighted by atomic mass is 10.0. The maximum absolute atomic E-state index is 12.4. The molecule has 2 aromatic rings. The van der Waals surface area contributed by atoms with Crippen LogP contribution in [0.25, 0.3) is 6.08 Å². The van der Waals surface area contributed by atoms with E-state index >= 15 is 0 Å². The largest absolute Gasteiger partial charge is 0.493 e. The number of benzene rings is 1. The van der Waals surface area contributed by atoms with Crippen molar-refractivity contribution in [2.24, 2.45) is 0 Å². The van der Waals surface area contributed by atoms with Crippen molar-refractivity contribution in [1.29, 1.82) is 0 Å². The number of aromatic amines is 1. The molecule has 1 aromatic heterocycles. The highest BCUT2D eigenvalue weighted by atomic mass is 16.5. The van der Waals surface area contributed by atoms with E-state index in [4.69, 9.17) is 14.2 Å². The van der Waals surface area contributed by atoms with E-state index in [1.165, 1.54) is 27.4 Å². The van der Waals surface area contributed by atoms with Crippen LogP contribution in [0.1, 0.15) is 27.2 Å². The molecular formula is C19H21NO5. The van der Waals surface area contributed by atoms with Gasteiger partial charge in [0.1, 0.15) is 0 Å². The van der Waals surface area contributed by atoms with Crippen LogP contribution in [0, 0.1) is 13.8 Å². The molecule has 0 atom stereocenters. The summed E-state index contributed by atoms with van der Waals surface area (Å²) in [7, 11) is 4.56. The highest BCUT2D eigenvalue weighted by molar-refractivity contribution is 6.07. The molecule has 6 heteroatoms. The molecule has 0 unspecified atom stereocenters. The van der Waals surface area contributed by atoms with Gasteiger partial charge in [0.25, 0.3) is 5.56 Å². The van der Waals surface area contributed by atoms with Crippen LogP contribution in [0.3, 0.4) is 0 Å². The Morgan fingerprint density at radius 3 is 2.08 bits per heavy atom. The average molecular weight is 343 g/mol. The lowest BCUT2D eigenvalue weighted by molar-refractivity contribution is 0.104. The second-order valence-corrected chi connectivity index (χ2v) is 5.50. The molecule has 1 heterocycles. The van der Waals surface area contributed by atoms with Crippen molar-refractivity contribution in [2.45, 2.75) is 13.8 Å². The van der Waals surface area contributed by atoms with Gasteiger partial charge in [-0.15, -0.1) is 0 Å². The van der Waals surface area contributed by atoms with Gasteiger partial charge in [0.05, 0.1) is 26.9 Å². The second-order valence-electron chi connectivity index (χ2n) is 5.50. The first-order valence-electron chi connectivity index (χ1n) is 7.64. The lowest BCUT2D eigenvalue weighted by Gasteiger charge is -2.12. The summed E-state index contributed by atoms with van der Waals surface area (Å²) >= 11 is 0. The third-order valence-corrected chi connectivity index (χ3v) is 3.73. The summed E-state index contributed by atoms with van der Waals surface area (Å²) in [4.78, 5) is 27.1. The Kier molecular flexibility index (Phi) is 5.64. The molecule has 0 saturated carbocycles. The number of allylic oxidation sites excluding steroid dienone is 1. The second kappa shape index (κ2) is 7.70. The van der Waals surface area contributed by atoms with Crippen molar-refractivity contribution in [3.05, 3.63) is 57.0 Å². The van der Waals surface area contributed by atoms with Crippen LogP contribution < -0.4 is 19.8 Å². The molecule has 6 nitrogen and oxygen atoms in total. The number of ketones is 1. The van der Waals surface area contributed by atoms with Crippen LogP contribution in [-0.4, -0.2) is 32.1 Å². The topological polar surface area (TPSA) is 77.6 Å². The summed E-state index contributed by atoms with van der Waals surface area (Å²) in [5, 5.41) is 0. The molecule has 0 aliphatic heterocycles. The molecule has 1 N–H and O–H groups in total. The quantitative estimate of drug-likeness (QED) is 0.644. The number of aromatic nitrogens is 1. The smallest absolute Gasteiger partial charge is 0.259 e. The molecule has 2 rings (SSSR count). The maximum Gasteiger partial charge on any atom is 0.259 e. The number of pyridine rings is 1.